The maximum absolute atomic E-state index is 13.6. The zero-order chi connectivity index (χ0) is 34.3. The lowest BCUT2D eigenvalue weighted by molar-refractivity contribution is -0.151. The highest BCUT2D eigenvalue weighted by atomic mass is 16.5. The molecular weight excluding hydrogens is 612 g/mol. The molecule has 2 amide bonds. The van der Waals surface area contributed by atoms with Gasteiger partial charge in [0.1, 0.15) is 19.3 Å². The normalized spacial score (nSPS) is 11.9. The molecule has 7 heteroatoms. The molecule has 1 unspecified atom stereocenters. The van der Waals surface area contributed by atoms with Crippen LogP contribution in [0.15, 0.2) is 146 Å². The average Bonchev–Trinajstić information content (AvgIpc) is 3.16. The van der Waals surface area contributed by atoms with Gasteiger partial charge in [-0.2, -0.15) is 0 Å². The van der Waals surface area contributed by atoms with Crippen LogP contribution < -0.4 is 5.32 Å². The number of hydrogen-bond acceptors (Lipinski definition) is 5. The minimum Gasteiger partial charge on any atom is -0.461 e. The van der Waals surface area contributed by atoms with Crippen LogP contribution >= 0.6 is 0 Å². The Hall–Kier alpha value is -5.69. The van der Waals surface area contributed by atoms with Gasteiger partial charge in [0.15, 0.2) is 0 Å². The van der Waals surface area contributed by atoms with Crippen LogP contribution in [0.3, 0.4) is 0 Å². The monoisotopic (exact) mass is 654 g/mol. The summed E-state index contributed by atoms with van der Waals surface area (Å²) in [5.74, 6) is -1.49. The number of amides is 2. The van der Waals surface area contributed by atoms with Gasteiger partial charge in [0.05, 0.1) is 5.92 Å². The average molecular weight is 655 g/mol. The molecule has 0 aromatic heterocycles. The Kier molecular flexibility index (Phi) is 12.7. The highest BCUT2D eigenvalue weighted by molar-refractivity contribution is 5.84. The number of carbonyl (C=O) groups excluding carboxylic acids is 3. The van der Waals surface area contributed by atoms with Crippen molar-refractivity contribution >= 4 is 18.0 Å². The quantitative estimate of drug-likeness (QED) is 0.117. The van der Waals surface area contributed by atoms with E-state index in [2.05, 4.69) is 5.32 Å². The third-order valence-electron chi connectivity index (χ3n) is 8.33. The smallest absolute Gasteiger partial charge is 0.329 e. The number of urea groups is 1. The number of ether oxygens (including phenoxy) is 2. The molecule has 0 aliphatic heterocycles. The molecule has 0 fully saturated rings. The molecule has 2 atom stereocenters. The van der Waals surface area contributed by atoms with Crippen LogP contribution in [-0.4, -0.2) is 42.5 Å². The molecule has 250 valence electrons. The Labute approximate surface area is 288 Å². The second kappa shape index (κ2) is 18.0. The van der Waals surface area contributed by atoms with E-state index in [4.69, 9.17) is 9.47 Å². The molecule has 49 heavy (non-hydrogen) atoms. The molecule has 1 N–H and O–H groups in total. The summed E-state index contributed by atoms with van der Waals surface area (Å²) in [6.45, 7) is 0.350. The molecule has 5 aromatic rings. The summed E-state index contributed by atoms with van der Waals surface area (Å²) in [5.41, 5.74) is 5.84. The SMILES string of the molecule is CN(CC(CCc1ccccc1)C(=O)OCc1ccccc1)C(=O)N[C@@H](Cc1ccc(-c2ccccc2)cc1)C(=O)OCc1ccccc1. The van der Waals surface area contributed by atoms with Crippen molar-refractivity contribution in [2.24, 2.45) is 5.92 Å². The molecule has 0 saturated heterocycles. The molecule has 0 heterocycles. The predicted molar refractivity (Wildman–Crippen MR) is 191 cm³/mol. The van der Waals surface area contributed by atoms with Gasteiger partial charge >= 0.3 is 18.0 Å². The lowest BCUT2D eigenvalue weighted by Gasteiger charge is -2.26. The van der Waals surface area contributed by atoms with Crippen LogP contribution in [0.4, 0.5) is 4.79 Å². The van der Waals surface area contributed by atoms with Crippen molar-refractivity contribution in [2.75, 3.05) is 13.6 Å². The summed E-state index contributed by atoms with van der Waals surface area (Å²) >= 11 is 0. The van der Waals surface area contributed by atoms with Crippen molar-refractivity contribution in [3.63, 3.8) is 0 Å². The number of aryl methyl sites for hydroxylation is 1. The van der Waals surface area contributed by atoms with Gasteiger partial charge in [-0.1, -0.05) is 146 Å². The first-order chi connectivity index (χ1) is 23.9. The number of esters is 2. The number of carbonyl (C=O) groups is 3. The zero-order valence-corrected chi connectivity index (χ0v) is 27.7. The standard InChI is InChI=1S/C42H42N2O5/c1-44(29-38(27-22-32-14-6-2-7-15-32)40(45)48-30-34-16-8-3-9-17-34)42(47)43-39(41(46)49-31-35-18-10-4-11-19-35)28-33-23-25-37(26-24-33)36-20-12-5-13-21-36/h2-21,23-26,38-39H,22,27-31H2,1H3,(H,43,47)/t38?,39-/m0/s1. The lowest BCUT2D eigenvalue weighted by atomic mass is 9.99. The Morgan fingerprint density at radius 3 is 1.59 bits per heavy atom. The number of benzene rings is 5. The van der Waals surface area contributed by atoms with Gasteiger partial charge in [0, 0.05) is 20.0 Å². The van der Waals surface area contributed by atoms with Crippen molar-refractivity contribution in [3.8, 4) is 11.1 Å². The van der Waals surface area contributed by atoms with E-state index in [1.54, 1.807) is 7.05 Å². The maximum Gasteiger partial charge on any atom is 0.329 e. The van der Waals surface area contributed by atoms with Crippen LogP contribution in [-0.2, 0) is 45.1 Å². The van der Waals surface area contributed by atoms with Gasteiger partial charge in [-0.3, -0.25) is 4.79 Å². The number of rotatable bonds is 15. The minimum atomic E-state index is -0.950. The van der Waals surface area contributed by atoms with E-state index in [0.29, 0.717) is 12.8 Å². The molecule has 0 bridgehead atoms. The first-order valence-electron chi connectivity index (χ1n) is 16.6. The van der Waals surface area contributed by atoms with E-state index in [0.717, 1.165) is 33.4 Å². The van der Waals surface area contributed by atoms with Crippen molar-refractivity contribution < 1.29 is 23.9 Å². The van der Waals surface area contributed by atoms with Gasteiger partial charge in [0.25, 0.3) is 0 Å². The minimum absolute atomic E-state index is 0.0869. The van der Waals surface area contributed by atoms with Gasteiger partial charge in [-0.05, 0) is 46.2 Å². The molecule has 5 aromatic carbocycles. The van der Waals surface area contributed by atoms with E-state index < -0.39 is 24.0 Å². The first kappa shape index (κ1) is 34.6. The molecule has 0 aliphatic carbocycles. The second-order valence-electron chi connectivity index (χ2n) is 12.1. The lowest BCUT2D eigenvalue weighted by Crippen LogP contribution is -2.49. The van der Waals surface area contributed by atoms with Crippen LogP contribution in [0.2, 0.25) is 0 Å². The summed E-state index contributed by atoms with van der Waals surface area (Å²) < 4.78 is 11.4. The highest BCUT2D eigenvalue weighted by Crippen LogP contribution is 2.20. The van der Waals surface area contributed by atoms with Gasteiger partial charge < -0.3 is 19.7 Å². The van der Waals surface area contributed by atoms with E-state index in [1.807, 2.05) is 146 Å². The van der Waals surface area contributed by atoms with E-state index in [9.17, 15) is 14.4 Å². The molecule has 5 rings (SSSR count). The van der Waals surface area contributed by atoms with Crippen LogP contribution in [0, 0.1) is 5.92 Å². The van der Waals surface area contributed by atoms with Crippen LogP contribution in [0.25, 0.3) is 11.1 Å². The summed E-state index contributed by atoms with van der Waals surface area (Å²) in [6.07, 6.45) is 1.37. The third-order valence-corrected chi connectivity index (χ3v) is 8.33. The Morgan fingerprint density at radius 1 is 0.571 bits per heavy atom. The van der Waals surface area contributed by atoms with Crippen molar-refractivity contribution in [1.29, 1.82) is 0 Å². The Bertz CT molecular complexity index is 1750. The van der Waals surface area contributed by atoms with Gasteiger partial charge in [-0.15, -0.1) is 0 Å². The van der Waals surface area contributed by atoms with Crippen molar-refractivity contribution in [3.05, 3.63) is 168 Å². The van der Waals surface area contributed by atoms with Crippen molar-refractivity contribution in [1.82, 2.24) is 10.2 Å². The van der Waals surface area contributed by atoms with E-state index in [1.165, 1.54) is 4.90 Å². The molecular formula is C42H42N2O5. The maximum atomic E-state index is 13.6. The summed E-state index contributed by atoms with van der Waals surface area (Å²) in [7, 11) is 1.62. The predicted octanol–water partition coefficient (Wildman–Crippen LogP) is 7.64. The van der Waals surface area contributed by atoms with Crippen molar-refractivity contribution in [2.45, 2.75) is 38.5 Å². The highest BCUT2D eigenvalue weighted by Gasteiger charge is 2.28. The number of nitrogens with one attached hydrogen (secondary N) is 1. The number of nitrogens with zero attached hydrogens (tertiary/aromatic N) is 1. The van der Waals surface area contributed by atoms with Gasteiger partial charge in [0.2, 0.25) is 0 Å². The summed E-state index contributed by atoms with van der Waals surface area (Å²) in [6, 6.07) is 45.3. The second-order valence-corrected chi connectivity index (χ2v) is 12.1. The Morgan fingerprint density at radius 2 is 1.04 bits per heavy atom. The van der Waals surface area contributed by atoms with E-state index >= 15 is 0 Å². The zero-order valence-electron chi connectivity index (χ0n) is 27.7. The molecule has 0 spiro atoms. The first-order valence-corrected chi connectivity index (χ1v) is 16.6. The fourth-order valence-corrected chi connectivity index (χ4v) is 5.51. The largest absolute Gasteiger partial charge is 0.461 e. The molecule has 7 nitrogen and oxygen atoms in total. The number of hydrogen-bond donors (Lipinski definition) is 1. The molecule has 0 aliphatic rings. The summed E-state index contributed by atoms with van der Waals surface area (Å²) in [5, 5.41) is 2.88. The Balaban J connectivity index is 1.27. The fraction of sp³-hybridized carbons (Fsp3) is 0.214. The van der Waals surface area contributed by atoms with E-state index in [-0.39, 0.29) is 32.1 Å². The van der Waals surface area contributed by atoms with Gasteiger partial charge in [-0.25, -0.2) is 9.59 Å². The van der Waals surface area contributed by atoms with Crippen LogP contribution in [0.1, 0.15) is 28.7 Å². The third kappa shape index (κ3) is 10.9. The van der Waals surface area contributed by atoms with Crippen LogP contribution in [0.5, 0.6) is 0 Å². The molecule has 0 radical (unpaired) electrons. The fourth-order valence-electron chi connectivity index (χ4n) is 5.51. The summed E-state index contributed by atoms with van der Waals surface area (Å²) in [4.78, 5) is 41.9. The topological polar surface area (TPSA) is 84.9 Å². The molecule has 0 saturated carbocycles.